The smallest absolute Gasteiger partial charge is 0.264 e. The second-order valence-electron chi connectivity index (χ2n) is 8.95. The van der Waals surface area contributed by atoms with Crippen LogP contribution in [0.4, 0.5) is 0 Å². The van der Waals surface area contributed by atoms with Gasteiger partial charge in [0.2, 0.25) is 0 Å². The molecule has 0 aliphatic carbocycles. The van der Waals surface area contributed by atoms with Gasteiger partial charge < -0.3 is 0 Å². The van der Waals surface area contributed by atoms with Gasteiger partial charge in [-0.2, -0.15) is 8.42 Å². The normalized spacial score (nSPS) is 11.9. The first-order valence-corrected chi connectivity index (χ1v) is 14.7. The number of hydrogen-bond donors (Lipinski definition) is 0. The molecule has 0 bridgehead atoms. The van der Waals surface area contributed by atoms with Gasteiger partial charge in [-0.05, 0) is 6.42 Å². The predicted molar refractivity (Wildman–Crippen MR) is 128 cm³/mol. The van der Waals surface area contributed by atoms with Crippen LogP contribution < -0.4 is 0 Å². The van der Waals surface area contributed by atoms with Gasteiger partial charge in [0.1, 0.15) is 0 Å². The molecule has 0 aromatic rings. The Balaban J connectivity index is 3.03. The summed E-state index contributed by atoms with van der Waals surface area (Å²) >= 11 is 0. The van der Waals surface area contributed by atoms with Crippen molar-refractivity contribution in [2.24, 2.45) is 0 Å². The van der Waals surface area contributed by atoms with E-state index in [1.807, 2.05) is 0 Å². The van der Waals surface area contributed by atoms with Gasteiger partial charge in [0.15, 0.2) is 0 Å². The van der Waals surface area contributed by atoms with E-state index in [0.29, 0.717) is 6.61 Å². The number of hydrogen-bond acceptors (Lipinski definition) is 3. The van der Waals surface area contributed by atoms with E-state index in [0.717, 1.165) is 19.1 Å². The van der Waals surface area contributed by atoms with Crippen LogP contribution in [-0.2, 0) is 14.3 Å². The highest BCUT2D eigenvalue weighted by Crippen LogP contribution is 2.15. The Labute approximate surface area is 183 Å². The van der Waals surface area contributed by atoms with E-state index in [2.05, 4.69) is 6.92 Å². The lowest BCUT2D eigenvalue weighted by Gasteiger charge is -2.04. The lowest BCUT2D eigenvalue weighted by molar-refractivity contribution is 0.309. The number of rotatable bonds is 24. The third-order valence-corrected chi connectivity index (χ3v) is 6.39. The third-order valence-electron chi connectivity index (χ3n) is 5.80. The summed E-state index contributed by atoms with van der Waals surface area (Å²) in [5.41, 5.74) is 0. The van der Waals surface area contributed by atoms with E-state index in [1.54, 1.807) is 0 Å². The summed E-state index contributed by atoms with van der Waals surface area (Å²) in [6.45, 7) is 2.63. The van der Waals surface area contributed by atoms with Crippen molar-refractivity contribution < 1.29 is 12.6 Å². The molecule has 0 heterocycles. The zero-order chi connectivity index (χ0) is 21.5. The van der Waals surface area contributed by atoms with Crippen LogP contribution >= 0.6 is 0 Å². The van der Waals surface area contributed by atoms with Gasteiger partial charge in [0.25, 0.3) is 10.1 Å². The van der Waals surface area contributed by atoms with Gasteiger partial charge in [-0.15, -0.1) is 0 Å². The Morgan fingerprint density at radius 1 is 0.448 bits per heavy atom. The van der Waals surface area contributed by atoms with Crippen LogP contribution in [0.2, 0.25) is 0 Å². The summed E-state index contributed by atoms with van der Waals surface area (Å²) in [7, 11) is -3.25. The molecule has 0 amide bonds. The average Bonchev–Trinajstić information content (AvgIpc) is 2.67. The van der Waals surface area contributed by atoms with Gasteiger partial charge >= 0.3 is 0 Å². The zero-order valence-corrected chi connectivity index (χ0v) is 20.7. The van der Waals surface area contributed by atoms with Crippen molar-refractivity contribution in [2.45, 2.75) is 148 Å². The molecule has 0 saturated carbocycles. The Hall–Kier alpha value is -0.0900. The molecule has 0 N–H and O–H groups in total. The van der Waals surface area contributed by atoms with Crippen LogP contribution in [0.3, 0.4) is 0 Å². The second-order valence-corrected chi connectivity index (χ2v) is 10.6. The van der Waals surface area contributed by atoms with E-state index in [-0.39, 0.29) is 0 Å². The van der Waals surface area contributed by atoms with Crippen LogP contribution in [0.15, 0.2) is 0 Å². The minimum Gasteiger partial charge on any atom is -0.270 e. The minimum atomic E-state index is -3.25. The molecule has 0 aromatic heterocycles. The molecule has 29 heavy (non-hydrogen) atoms. The van der Waals surface area contributed by atoms with Gasteiger partial charge in [-0.3, -0.25) is 4.18 Å². The molecule has 0 aliphatic heterocycles. The fraction of sp³-hybridized carbons (Fsp3) is 1.00. The molecule has 3 nitrogen and oxygen atoms in total. The Morgan fingerprint density at radius 2 is 0.690 bits per heavy atom. The molecule has 176 valence electrons. The second kappa shape index (κ2) is 22.6. The van der Waals surface area contributed by atoms with E-state index < -0.39 is 10.1 Å². The van der Waals surface area contributed by atoms with Crippen LogP contribution in [-0.4, -0.2) is 21.3 Å². The molecule has 0 atom stereocenters. The summed E-state index contributed by atoms with van der Waals surface area (Å²) in [6, 6.07) is 0. The lowest BCUT2D eigenvalue weighted by Crippen LogP contribution is -2.03. The summed E-state index contributed by atoms with van der Waals surface area (Å²) in [6.07, 6.45) is 31.1. The van der Waals surface area contributed by atoms with Gasteiger partial charge in [-0.25, -0.2) is 0 Å². The van der Waals surface area contributed by atoms with Crippen molar-refractivity contribution in [3.63, 3.8) is 0 Å². The highest BCUT2D eigenvalue weighted by molar-refractivity contribution is 7.85. The summed E-state index contributed by atoms with van der Waals surface area (Å²) in [4.78, 5) is 0. The average molecular weight is 433 g/mol. The monoisotopic (exact) mass is 432 g/mol. The highest BCUT2D eigenvalue weighted by Gasteiger charge is 2.00. The molecule has 0 saturated heterocycles. The van der Waals surface area contributed by atoms with Crippen molar-refractivity contribution in [3.8, 4) is 0 Å². The van der Waals surface area contributed by atoms with Crippen LogP contribution in [0.25, 0.3) is 0 Å². The molecular formula is C25H52O3S. The Morgan fingerprint density at radius 3 is 0.931 bits per heavy atom. The third kappa shape index (κ3) is 27.9. The van der Waals surface area contributed by atoms with Gasteiger partial charge in [0, 0.05) is 0 Å². The largest absolute Gasteiger partial charge is 0.270 e. The van der Waals surface area contributed by atoms with Crippen LogP contribution in [0.5, 0.6) is 0 Å². The molecule has 0 rings (SSSR count). The first-order valence-electron chi connectivity index (χ1n) is 12.9. The summed E-state index contributed by atoms with van der Waals surface area (Å²) in [5.74, 6) is 0. The topological polar surface area (TPSA) is 43.4 Å². The standard InChI is InChI=1S/C25H52O3S/c1-3-4-5-6-7-8-9-10-11-12-13-14-15-16-17-18-19-20-21-22-23-24-25-28-29(2,26)27/h3-25H2,1-2H3. The Bertz CT molecular complexity index is 406. The molecule has 0 unspecified atom stereocenters. The Kier molecular flexibility index (Phi) is 22.5. The first-order chi connectivity index (χ1) is 14.1. The van der Waals surface area contributed by atoms with Crippen molar-refractivity contribution in [1.29, 1.82) is 0 Å². The first kappa shape index (κ1) is 28.9. The molecule has 0 spiro atoms. The molecule has 4 heteroatoms. The maximum atomic E-state index is 10.8. The summed E-state index contributed by atoms with van der Waals surface area (Å²) in [5, 5.41) is 0. The predicted octanol–water partition coefficient (Wildman–Crippen LogP) is 8.56. The molecular weight excluding hydrogens is 380 g/mol. The van der Waals surface area contributed by atoms with E-state index >= 15 is 0 Å². The quantitative estimate of drug-likeness (QED) is 0.113. The lowest BCUT2D eigenvalue weighted by atomic mass is 10.0. The van der Waals surface area contributed by atoms with E-state index in [1.165, 1.54) is 128 Å². The minimum absolute atomic E-state index is 0.345. The van der Waals surface area contributed by atoms with Gasteiger partial charge in [-0.1, -0.05) is 142 Å². The maximum absolute atomic E-state index is 10.8. The van der Waals surface area contributed by atoms with Crippen LogP contribution in [0.1, 0.15) is 148 Å². The molecule has 0 fully saturated rings. The molecule has 0 aliphatic rings. The summed E-state index contributed by atoms with van der Waals surface area (Å²) < 4.78 is 26.4. The fourth-order valence-corrected chi connectivity index (χ4v) is 4.34. The van der Waals surface area contributed by atoms with E-state index in [4.69, 9.17) is 4.18 Å². The van der Waals surface area contributed by atoms with Crippen molar-refractivity contribution in [1.82, 2.24) is 0 Å². The van der Waals surface area contributed by atoms with E-state index in [9.17, 15) is 8.42 Å². The van der Waals surface area contributed by atoms with Crippen molar-refractivity contribution >= 4 is 10.1 Å². The SMILES string of the molecule is CCCCCCCCCCCCCCCCCCCCCCCCOS(C)(=O)=O. The maximum Gasteiger partial charge on any atom is 0.264 e. The molecule has 0 radical (unpaired) electrons. The zero-order valence-electron chi connectivity index (χ0n) is 19.9. The number of unbranched alkanes of at least 4 members (excludes halogenated alkanes) is 21. The van der Waals surface area contributed by atoms with Crippen LogP contribution in [0, 0.1) is 0 Å². The molecule has 0 aromatic carbocycles. The highest BCUT2D eigenvalue weighted by atomic mass is 32.2. The van der Waals surface area contributed by atoms with Gasteiger partial charge in [0.05, 0.1) is 12.9 Å². The van der Waals surface area contributed by atoms with Crippen molar-refractivity contribution in [3.05, 3.63) is 0 Å². The fourth-order valence-electron chi connectivity index (χ4n) is 3.92. The van der Waals surface area contributed by atoms with Crippen molar-refractivity contribution in [2.75, 3.05) is 12.9 Å².